The zero-order chi connectivity index (χ0) is 16.2. The number of thioether (sulfide) groups is 1. The first kappa shape index (κ1) is 15.1. The summed E-state index contributed by atoms with van der Waals surface area (Å²) in [6, 6.07) is 15.5. The topological polar surface area (TPSA) is 81.6 Å². The fraction of sp³-hybridized carbons (Fsp3) is 0. The van der Waals surface area contributed by atoms with Gasteiger partial charge in [0.2, 0.25) is 0 Å². The van der Waals surface area contributed by atoms with Gasteiger partial charge in [-0.1, -0.05) is 42.5 Å². The average Bonchev–Trinajstić information content (AvgIpc) is 2.88. The van der Waals surface area contributed by atoms with Crippen molar-refractivity contribution in [2.75, 3.05) is 0 Å². The van der Waals surface area contributed by atoms with E-state index in [4.69, 9.17) is 0 Å². The highest BCUT2D eigenvalue weighted by Gasteiger charge is 2.23. The summed E-state index contributed by atoms with van der Waals surface area (Å²) >= 11 is 1.24. The minimum absolute atomic E-state index is 0.0991. The van der Waals surface area contributed by atoms with E-state index in [2.05, 4.69) is 10.3 Å². The number of aromatic carboxylic acids is 1. The maximum absolute atomic E-state index is 12.0. The summed E-state index contributed by atoms with van der Waals surface area (Å²) in [5, 5.41) is 13.9. The van der Waals surface area contributed by atoms with Crippen molar-refractivity contribution in [2.24, 2.45) is 4.99 Å². The third-order valence-electron chi connectivity index (χ3n) is 3.08. The van der Waals surface area contributed by atoms with Crippen LogP contribution in [0.1, 0.15) is 15.9 Å². The maximum Gasteiger partial charge on any atom is 0.264 e. The Morgan fingerprint density at radius 1 is 1.09 bits per heavy atom. The van der Waals surface area contributed by atoms with E-state index in [1.807, 2.05) is 30.3 Å². The molecule has 0 unspecified atom stereocenters. The van der Waals surface area contributed by atoms with Crippen LogP contribution in [0.15, 0.2) is 64.5 Å². The third kappa shape index (κ3) is 3.67. The normalized spacial score (nSPS) is 17.5. The Kier molecular flexibility index (Phi) is 4.25. The summed E-state index contributed by atoms with van der Waals surface area (Å²) in [5.41, 5.74) is 1.59. The van der Waals surface area contributed by atoms with Crippen LogP contribution in [0.5, 0.6) is 0 Å². The number of amides is 1. The lowest BCUT2D eigenvalue weighted by Gasteiger charge is -2.02. The molecule has 0 aromatic heterocycles. The molecule has 1 aliphatic heterocycles. The number of para-hydroxylation sites is 1. The minimum Gasteiger partial charge on any atom is -0.545 e. The molecule has 2 aromatic carbocycles. The highest BCUT2D eigenvalue weighted by Crippen LogP contribution is 2.27. The molecular weight excluding hydrogens is 312 g/mol. The van der Waals surface area contributed by atoms with Gasteiger partial charge in [0.05, 0.1) is 16.6 Å². The van der Waals surface area contributed by atoms with Crippen molar-refractivity contribution in [3.8, 4) is 0 Å². The van der Waals surface area contributed by atoms with Crippen LogP contribution < -0.4 is 10.4 Å². The van der Waals surface area contributed by atoms with Crippen LogP contribution in [0.25, 0.3) is 6.08 Å². The number of carbonyl (C=O) groups is 2. The molecule has 5 nitrogen and oxygen atoms in total. The predicted octanol–water partition coefficient (Wildman–Crippen LogP) is 1.94. The Morgan fingerprint density at radius 2 is 1.78 bits per heavy atom. The molecule has 1 amide bonds. The van der Waals surface area contributed by atoms with Crippen LogP contribution in [-0.4, -0.2) is 17.0 Å². The Hall–Kier alpha value is -2.86. The largest absolute Gasteiger partial charge is 0.545 e. The lowest BCUT2D eigenvalue weighted by atomic mass is 10.1. The van der Waals surface area contributed by atoms with E-state index in [9.17, 15) is 14.7 Å². The second-order valence-corrected chi connectivity index (χ2v) is 5.76. The second kappa shape index (κ2) is 6.50. The molecule has 23 heavy (non-hydrogen) atoms. The molecule has 1 saturated heterocycles. The number of rotatable bonds is 3. The summed E-state index contributed by atoms with van der Waals surface area (Å²) in [6.07, 6.45) is 1.69. The molecule has 0 spiro atoms. The van der Waals surface area contributed by atoms with Crippen LogP contribution >= 0.6 is 11.8 Å². The van der Waals surface area contributed by atoms with Crippen molar-refractivity contribution in [3.05, 3.63) is 70.6 Å². The van der Waals surface area contributed by atoms with Gasteiger partial charge in [-0.25, -0.2) is 4.99 Å². The van der Waals surface area contributed by atoms with E-state index in [0.717, 1.165) is 11.3 Å². The number of benzene rings is 2. The molecular formula is C17H11N2O3S-. The molecule has 2 aromatic rings. The van der Waals surface area contributed by atoms with Gasteiger partial charge in [-0.05, 0) is 41.1 Å². The lowest BCUT2D eigenvalue weighted by Crippen LogP contribution is -2.21. The van der Waals surface area contributed by atoms with Crippen LogP contribution in [0, 0.1) is 0 Å². The van der Waals surface area contributed by atoms with Crippen molar-refractivity contribution < 1.29 is 14.7 Å². The van der Waals surface area contributed by atoms with Crippen LogP contribution in [0.2, 0.25) is 0 Å². The standard InChI is InChI=1S/C17H12N2O3S/c20-15-14(10-11-6-8-12(9-7-11)16(21)22)23-17(19-15)18-13-4-2-1-3-5-13/h1-10H,(H,21,22)(H,18,19,20)/p-1/b14-10-. The average molecular weight is 323 g/mol. The molecule has 114 valence electrons. The van der Waals surface area contributed by atoms with Gasteiger partial charge in [0, 0.05) is 0 Å². The quantitative estimate of drug-likeness (QED) is 0.875. The molecule has 1 fully saturated rings. The molecule has 1 aliphatic rings. The van der Waals surface area contributed by atoms with E-state index in [1.54, 1.807) is 18.2 Å². The number of carbonyl (C=O) groups excluding carboxylic acids is 2. The number of carboxylic acids is 1. The lowest BCUT2D eigenvalue weighted by molar-refractivity contribution is -0.255. The molecule has 3 rings (SSSR count). The molecule has 0 aliphatic carbocycles. The monoisotopic (exact) mass is 323 g/mol. The fourth-order valence-electron chi connectivity index (χ4n) is 1.97. The highest BCUT2D eigenvalue weighted by atomic mass is 32.2. The Bertz CT molecular complexity index is 811. The number of nitrogens with zero attached hydrogens (tertiary/aromatic N) is 1. The van der Waals surface area contributed by atoms with E-state index in [0.29, 0.717) is 10.1 Å². The van der Waals surface area contributed by atoms with Crippen molar-refractivity contribution in [3.63, 3.8) is 0 Å². The SMILES string of the molecule is O=C1NC(=Nc2ccccc2)S/C1=C\c1ccc(C(=O)[O-])cc1. The molecule has 0 saturated carbocycles. The molecule has 0 bridgehead atoms. The number of carboxylic acid groups (broad SMARTS) is 1. The zero-order valence-electron chi connectivity index (χ0n) is 11.9. The maximum atomic E-state index is 12.0. The number of hydrogen-bond donors (Lipinski definition) is 1. The first-order valence-electron chi connectivity index (χ1n) is 6.78. The number of nitrogens with one attached hydrogen (secondary N) is 1. The molecule has 1 heterocycles. The smallest absolute Gasteiger partial charge is 0.264 e. The van der Waals surface area contributed by atoms with Crippen molar-refractivity contribution in [1.82, 2.24) is 5.32 Å². The van der Waals surface area contributed by atoms with Crippen molar-refractivity contribution >= 4 is 40.6 Å². The van der Waals surface area contributed by atoms with E-state index < -0.39 is 5.97 Å². The number of aliphatic imine (C=N–C) groups is 1. The minimum atomic E-state index is -1.23. The van der Waals surface area contributed by atoms with Crippen LogP contribution in [0.4, 0.5) is 5.69 Å². The van der Waals surface area contributed by atoms with E-state index >= 15 is 0 Å². The van der Waals surface area contributed by atoms with Gasteiger partial charge in [0.1, 0.15) is 0 Å². The fourth-order valence-corrected chi connectivity index (χ4v) is 2.81. The van der Waals surface area contributed by atoms with Crippen molar-refractivity contribution in [1.29, 1.82) is 0 Å². The van der Waals surface area contributed by atoms with Crippen LogP contribution in [-0.2, 0) is 4.79 Å². The van der Waals surface area contributed by atoms with Gasteiger partial charge in [-0.2, -0.15) is 0 Å². The van der Waals surface area contributed by atoms with Gasteiger partial charge in [-0.3, -0.25) is 4.79 Å². The molecule has 0 atom stereocenters. The van der Waals surface area contributed by atoms with Gasteiger partial charge in [-0.15, -0.1) is 0 Å². The van der Waals surface area contributed by atoms with Gasteiger partial charge >= 0.3 is 0 Å². The zero-order valence-corrected chi connectivity index (χ0v) is 12.7. The third-order valence-corrected chi connectivity index (χ3v) is 3.99. The molecule has 1 N–H and O–H groups in total. The van der Waals surface area contributed by atoms with E-state index in [-0.39, 0.29) is 11.5 Å². The van der Waals surface area contributed by atoms with Crippen LogP contribution in [0.3, 0.4) is 0 Å². The summed E-state index contributed by atoms with van der Waals surface area (Å²) in [7, 11) is 0. The molecule has 6 heteroatoms. The van der Waals surface area contributed by atoms with Gasteiger partial charge in [0.15, 0.2) is 5.17 Å². The Labute approximate surface area is 136 Å². The van der Waals surface area contributed by atoms with E-state index in [1.165, 1.54) is 23.9 Å². The second-order valence-electron chi connectivity index (χ2n) is 4.73. The molecule has 0 radical (unpaired) electrons. The summed E-state index contributed by atoms with van der Waals surface area (Å²) in [6.45, 7) is 0. The first-order chi connectivity index (χ1) is 11.1. The highest BCUT2D eigenvalue weighted by molar-refractivity contribution is 8.18. The predicted molar refractivity (Wildman–Crippen MR) is 88.0 cm³/mol. The van der Waals surface area contributed by atoms with Gasteiger partial charge in [0.25, 0.3) is 5.91 Å². The Balaban J connectivity index is 1.80. The Morgan fingerprint density at radius 3 is 2.43 bits per heavy atom. The summed E-state index contributed by atoms with van der Waals surface area (Å²) in [5.74, 6) is -1.46. The van der Waals surface area contributed by atoms with Gasteiger partial charge < -0.3 is 15.2 Å². The number of amidine groups is 1. The summed E-state index contributed by atoms with van der Waals surface area (Å²) < 4.78 is 0. The summed E-state index contributed by atoms with van der Waals surface area (Å²) in [4.78, 5) is 27.5. The number of hydrogen-bond acceptors (Lipinski definition) is 5. The first-order valence-corrected chi connectivity index (χ1v) is 7.59. The van der Waals surface area contributed by atoms with Crippen molar-refractivity contribution in [2.45, 2.75) is 0 Å².